The Balaban J connectivity index is 2.63. The summed E-state index contributed by atoms with van der Waals surface area (Å²) in [5.74, 6) is 0.267. The van der Waals surface area contributed by atoms with E-state index in [1.165, 1.54) is 25.5 Å². The second kappa shape index (κ2) is 3.95. The largest absolute Gasteiger partial charge is 0.433 e. The Morgan fingerprint density at radius 1 is 1.41 bits per heavy atom. The van der Waals surface area contributed by atoms with Gasteiger partial charge in [0.25, 0.3) is 0 Å². The minimum Gasteiger partial charge on any atom is -0.287 e. The van der Waals surface area contributed by atoms with Gasteiger partial charge >= 0.3 is 6.18 Å². The maximum absolute atomic E-state index is 12.6. The SMILES string of the molecule is Cc1c(C(F)(F)F)[nH]n(-c2ccncn2)c1=S. The molecule has 0 atom stereocenters. The molecule has 1 N–H and O–H groups in total. The van der Waals surface area contributed by atoms with Gasteiger partial charge in [0.1, 0.15) is 16.7 Å². The van der Waals surface area contributed by atoms with Crippen LogP contribution < -0.4 is 0 Å². The summed E-state index contributed by atoms with van der Waals surface area (Å²) in [6.45, 7) is 1.32. The predicted octanol–water partition coefficient (Wildman–Crippen LogP) is 2.65. The fourth-order valence-corrected chi connectivity index (χ4v) is 1.62. The van der Waals surface area contributed by atoms with Crippen molar-refractivity contribution in [3.63, 3.8) is 0 Å². The van der Waals surface area contributed by atoms with E-state index in [1.54, 1.807) is 0 Å². The Kier molecular flexibility index (Phi) is 2.74. The van der Waals surface area contributed by atoms with Crippen LogP contribution in [0.4, 0.5) is 13.2 Å². The molecule has 0 radical (unpaired) electrons. The quantitative estimate of drug-likeness (QED) is 0.802. The van der Waals surface area contributed by atoms with E-state index in [9.17, 15) is 13.2 Å². The molecule has 0 aromatic carbocycles. The van der Waals surface area contributed by atoms with Crippen molar-refractivity contribution >= 4 is 12.2 Å². The molecule has 0 saturated heterocycles. The number of rotatable bonds is 1. The van der Waals surface area contributed by atoms with E-state index in [0.717, 1.165) is 4.68 Å². The van der Waals surface area contributed by atoms with Crippen LogP contribution in [-0.4, -0.2) is 19.7 Å². The van der Waals surface area contributed by atoms with Gasteiger partial charge in [0.2, 0.25) is 0 Å². The standard InChI is InChI=1S/C9H7F3N4S/c1-5-7(9(10,11)12)15-16(8(5)17)6-2-3-13-4-14-6/h2-4,15H,1H3. The van der Waals surface area contributed by atoms with Crippen molar-refractivity contribution < 1.29 is 13.2 Å². The second-order valence-corrected chi connectivity index (χ2v) is 3.70. The summed E-state index contributed by atoms with van der Waals surface area (Å²) in [6, 6.07) is 1.46. The zero-order valence-electron chi connectivity index (χ0n) is 8.62. The molecule has 0 aliphatic rings. The Bertz CT molecular complexity index is 585. The third-order valence-electron chi connectivity index (χ3n) is 2.20. The fraction of sp³-hybridized carbons (Fsp3) is 0.222. The lowest BCUT2D eigenvalue weighted by Crippen LogP contribution is -2.09. The van der Waals surface area contributed by atoms with E-state index in [-0.39, 0.29) is 16.0 Å². The number of H-pyrrole nitrogens is 1. The second-order valence-electron chi connectivity index (χ2n) is 3.32. The van der Waals surface area contributed by atoms with E-state index >= 15 is 0 Å². The third kappa shape index (κ3) is 2.07. The molecule has 17 heavy (non-hydrogen) atoms. The van der Waals surface area contributed by atoms with Crippen molar-refractivity contribution in [2.24, 2.45) is 0 Å². The number of hydrogen-bond donors (Lipinski definition) is 1. The molecule has 2 aromatic rings. The molecule has 8 heteroatoms. The number of aromatic amines is 1. The summed E-state index contributed by atoms with van der Waals surface area (Å²) in [4.78, 5) is 7.52. The first kappa shape index (κ1) is 11.8. The average molecular weight is 260 g/mol. The average Bonchev–Trinajstić information content (AvgIpc) is 2.57. The van der Waals surface area contributed by atoms with Crippen LogP contribution in [0.25, 0.3) is 5.82 Å². The van der Waals surface area contributed by atoms with Crippen LogP contribution in [-0.2, 0) is 6.18 Å². The Morgan fingerprint density at radius 3 is 2.59 bits per heavy atom. The van der Waals surface area contributed by atoms with Crippen LogP contribution in [0.2, 0.25) is 0 Å². The molecule has 0 aliphatic carbocycles. The first-order valence-electron chi connectivity index (χ1n) is 4.56. The molecular weight excluding hydrogens is 253 g/mol. The van der Waals surface area contributed by atoms with Gasteiger partial charge in [-0.05, 0) is 6.92 Å². The van der Waals surface area contributed by atoms with Crippen LogP contribution in [0.15, 0.2) is 18.6 Å². The summed E-state index contributed by atoms with van der Waals surface area (Å²) in [6.07, 6.45) is -1.80. The maximum atomic E-state index is 12.6. The lowest BCUT2D eigenvalue weighted by Gasteiger charge is -2.04. The molecule has 0 spiro atoms. The Labute approximate surface area is 99.1 Å². The van der Waals surface area contributed by atoms with E-state index in [1.807, 2.05) is 0 Å². The van der Waals surface area contributed by atoms with Crippen molar-refractivity contribution in [3.8, 4) is 5.82 Å². The molecule has 0 amide bonds. The molecular formula is C9H7F3N4S. The van der Waals surface area contributed by atoms with E-state index < -0.39 is 11.9 Å². The molecule has 0 bridgehead atoms. The van der Waals surface area contributed by atoms with Gasteiger partial charge in [0, 0.05) is 17.8 Å². The molecule has 0 aliphatic heterocycles. The van der Waals surface area contributed by atoms with Gasteiger partial charge in [-0.25, -0.2) is 14.6 Å². The van der Waals surface area contributed by atoms with Crippen molar-refractivity contribution in [1.82, 2.24) is 19.7 Å². The summed E-state index contributed by atoms with van der Waals surface area (Å²) in [7, 11) is 0. The molecule has 2 aromatic heterocycles. The van der Waals surface area contributed by atoms with Crippen molar-refractivity contribution in [1.29, 1.82) is 0 Å². The Morgan fingerprint density at radius 2 is 2.12 bits per heavy atom. The normalized spacial score (nSPS) is 11.8. The van der Waals surface area contributed by atoms with E-state index in [2.05, 4.69) is 15.1 Å². The molecule has 4 nitrogen and oxygen atoms in total. The summed E-state index contributed by atoms with van der Waals surface area (Å²) < 4.78 is 39.1. The van der Waals surface area contributed by atoms with Crippen molar-refractivity contribution in [2.75, 3.05) is 0 Å². The number of nitrogens with zero attached hydrogens (tertiary/aromatic N) is 3. The van der Waals surface area contributed by atoms with Gasteiger partial charge < -0.3 is 0 Å². The molecule has 2 rings (SSSR count). The summed E-state index contributed by atoms with van der Waals surface area (Å²) in [5.41, 5.74) is -0.882. The lowest BCUT2D eigenvalue weighted by molar-refractivity contribution is -0.141. The van der Waals surface area contributed by atoms with Gasteiger partial charge in [-0.2, -0.15) is 13.2 Å². The third-order valence-corrected chi connectivity index (χ3v) is 2.69. The van der Waals surface area contributed by atoms with E-state index in [4.69, 9.17) is 12.2 Å². The monoisotopic (exact) mass is 260 g/mol. The van der Waals surface area contributed by atoms with Gasteiger partial charge in [0.15, 0.2) is 5.82 Å². The zero-order chi connectivity index (χ0) is 12.6. The lowest BCUT2D eigenvalue weighted by atomic mass is 10.3. The minimum atomic E-state index is -4.46. The van der Waals surface area contributed by atoms with Crippen LogP contribution in [0.1, 0.15) is 11.3 Å². The van der Waals surface area contributed by atoms with Crippen molar-refractivity contribution in [3.05, 3.63) is 34.5 Å². The maximum Gasteiger partial charge on any atom is 0.433 e. The Hall–Kier alpha value is -1.70. The predicted molar refractivity (Wildman–Crippen MR) is 56.3 cm³/mol. The zero-order valence-corrected chi connectivity index (χ0v) is 9.43. The van der Waals surface area contributed by atoms with Gasteiger partial charge in [-0.1, -0.05) is 12.2 Å². The molecule has 0 unspecified atom stereocenters. The first-order chi connectivity index (χ1) is 7.91. The molecule has 0 fully saturated rings. The van der Waals surface area contributed by atoms with Crippen LogP contribution in [0.5, 0.6) is 0 Å². The van der Waals surface area contributed by atoms with Gasteiger partial charge in [-0.3, -0.25) is 5.10 Å². The van der Waals surface area contributed by atoms with Crippen molar-refractivity contribution in [2.45, 2.75) is 13.1 Å². The summed E-state index contributed by atoms with van der Waals surface area (Å²) >= 11 is 4.94. The highest BCUT2D eigenvalue weighted by atomic mass is 32.1. The highest BCUT2D eigenvalue weighted by Gasteiger charge is 2.35. The molecule has 0 saturated carbocycles. The van der Waals surface area contributed by atoms with Crippen LogP contribution in [0.3, 0.4) is 0 Å². The van der Waals surface area contributed by atoms with Gasteiger partial charge in [0.05, 0.1) is 0 Å². The number of halogens is 3. The van der Waals surface area contributed by atoms with Crippen LogP contribution in [0, 0.1) is 11.6 Å². The first-order valence-corrected chi connectivity index (χ1v) is 4.97. The topological polar surface area (TPSA) is 46.5 Å². The smallest absolute Gasteiger partial charge is 0.287 e. The number of hydrogen-bond acceptors (Lipinski definition) is 3. The molecule has 90 valence electrons. The van der Waals surface area contributed by atoms with Crippen LogP contribution >= 0.6 is 12.2 Å². The highest BCUT2D eigenvalue weighted by molar-refractivity contribution is 7.71. The number of aromatic nitrogens is 4. The fourth-order valence-electron chi connectivity index (χ4n) is 1.37. The van der Waals surface area contributed by atoms with E-state index in [0.29, 0.717) is 0 Å². The summed E-state index contributed by atoms with van der Waals surface area (Å²) in [5, 5.41) is 2.20. The minimum absolute atomic E-state index is 0.0221. The number of nitrogens with one attached hydrogen (secondary N) is 1. The highest BCUT2D eigenvalue weighted by Crippen LogP contribution is 2.31. The van der Waals surface area contributed by atoms with Gasteiger partial charge in [-0.15, -0.1) is 0 Å². The molecule has 2 heterocycles. The number of alkyl halides is 3.